The molecule has 0 fully saturated rings. The van der Waals surface area contributed by atoms with Crippen molar-refractivity contribution in [3.8, 4) is 0 Å². The van der Waals surface area contributed by atoms with E-state index in [-0.39, 0.29) is 0 Å². The smallest absolute Gasteiger partial charge is 0.182 e. The first-order valence-electron chi connectivity index (χ1n) is 6.67. The van der Waals surface area contributed by atoms with Crippen molar-refractivity contribution in [2.75, 3.05) is 11.9 Å². The normalized spacial score (nSPS) is 16.9. The van der Waals surface area contributed by atoms with Crippen LogP contribution in [0, 0.1) is 17.5 Å². The summed E-state index contributed by atoms with van der Waals surface area (Å²) in [5.41, 5.74) is -0.645. The van der Waals surface area contributed by atoms with E-state index >= 15 is 0 Å². The Labute approximate surface area is 123 Å². The van der Waals surface area contributed by atoms with Crippen LogP contribution < -0.4 is 5.32 Å². The predicted octanol–water partition coefficient (Wildman–Crippen LogP) is 4.67. The highest BCUT2D eigenvalue weighted by atomic mass is 19.2. The van der Waals surface area contributed by atoms with Gasteiger partial charge in [-0.25, -0.2) is 30.7 Å². The average Bonchev–Trinajstić information content (AvgIpc) is 2.45. The van der Waals surface area contributed by atoms with Gasteiger partial charge in [0.05, 0.1) is 5.69 Å². The van der Waals surface area contributed by atoms with E-state index in [2.05, 4.69) is 0 Å². The number of hydrogen-bond donors (Lipinski definition) is 1. The van der Waals surface area contributed by atoms with Gasteiger partial charge in [-0.05, 0) is 19.8 Å². The summed E-state index contributed by atoms with van der Waals surface area (Å²) in [6.45, 7) is 0.205. The van der Waals surface area contributed by atoms with E-state index < -0.39 is 67.2 Å². The average molecular weight is 331 g/mol. The van der Waals surface area contributed by atoms with E-state index in [0.717, 1.165) is 6.92 Å². The third kappa shape index (κ3) is 5.38. The number of benzene rings is 1. The van der Waals surface area contributed by atoms with Crippen LogP contribution in [0.1, 0.15) is 19.8 Å². The molecule has 0 aliphatic carbocycles. The highest BCUT2D eigenvalue weighted by Gasteiger charge is 2.24. The molecular formula is C14H16F7N. The lowest BCUT2D eigenvalue weighted by molar-refractivity contribution is 0.125. The molecule has 1 aromatic carbocycles. The summed E-state index contributed by atoms with van der Waals surface area (Å²) in [4.78, 5) is 0. The van der Waals surface area contributed by atoms with Crippen molar-refractivity contribution < 1.29 is 30.7 Å². The van der Waals surface area contributed by atoms with E-state index in [0.29, 0.717) is 12.1 Å². The van der Waals surface area contributed by atoms with Gasteiger partial charge in [0.25, 0.3) is 0 Å². The van der Waals surface area contributed by atoms with Crippen molar-refractivity contribution in [3.05, 3.63) is 29.6 Å². The van der Waals surface area contributed by atoms with Gasteiger partial charge in [0.15, 0.2) is 11.6 Å². The van der Waals surface area contributed by atoms with Crippen molar-refractivity contribution in [1.82, 2.24) is 0 Å². The molecule has 0 aromatic heterocycles. The minimum atomic E-state index is -2.16. The van der Waals surface area contributed by atoms with Crippen LogP contribution in [-0.2, 0) is 0 Å². The maximum atomic E-state index is 13.5. The molecule has 0 heterocycles. The lowest BCUT2D eigenvalue weighted by atomic mass is 10.1. The minimum Gasteiger partial charge on any atom is -0.379 e. The highest BCUT2D eigenvalue weighted by Crippen LogP contribution is 2.21. The van der Waals surface area contributed by atoms with Crippen LogP contribution in [0.3, 0.4) is 0 Å². The first-order chi connectivity index (χ1) is 10.2. The molecule has 8 heteroatoms. The molecular weight excluding hydrogens is 315 g/mol. The molecule has 22 heavy (non-hydrogen) atoms. The molecule has 0 aliphatic heterocycles. The fourth-order valence-electron chi connectivity index (χ4n) is 1.75. The molecule has 4 unspecified atom stereocenters. The fraction of sp³-hybridized carbons (Fsp3) is 0.571. The Bertz CT molecular complexity index is 481. The quantitative estimate of drug-likeness (QED) is 0.539. The molecule has 0 saturated heterocycles. The standard InChI is InChI=1S/C14H16F7N/c1-7(15)9(17)2-3-10(18)12(20)6-22-13-5-8(16)4-11(19)14(13)21/h4-5,7,9-10,12,22H,2-3,6H2,1H3. The van der Waals surface area contributed by atoms with Gasteiger partial charge in [-0.15, -0.1) is 0 Å². The van der Waals surface area contributed by atoms with E-state index in [9.17, 15) is 30.7 Å². The van der Waals surface area contributed by atoms with Crippen molar-refractivity contribution in [2.45, 2.75) is 44.5 Å². The van der Waals surface area contributed by atoms with Crippen molar-refractivity contribution in [1.29, 1.82) is 0 Å². The molecule has 126 valence electrons. The summed E-state index contributed by atoms with van der Waals surface area (Å²) in [5.74, 6) is -3.96. The Kier molecular flexibility index (Phi) is 6.96. The van der Waals surface area contributed by atoms with Crippen molar-refractivity contribution in [3.63, 3.8) is 0 Å². The Hall–Kier alpha value is -1.47. The van der Waals surface area contributed by atoms with E-state index in [4.69, 9.17) is 0 Å². The molecule has 4 atom stereocenters. The fourth-order valence-corrected chi connectivity index (χ4v) is 1.75. The molecule has 0 amide bonds. The van der Waals surface area contributed by atoms with Crippen LogP contribution in [0.5, 0.6) is 0 Å². The summed E-state index contributed by atoms with van der Waals surface area (Å²) < 4.78 is 91.4. The van der Waals surface area contributed by atoms with Gasteiger partial charge in [0.2, 0.25) is 0 Å². The second kappa shape index (κ2) is 8.24. The molecule has 0 spiro atoms. The SMILES string of the molecule is CC(F)C(F)CCC(F)C(F)CNc1cc(F)cc(F)c1F. The second-order valence-electron chi connectivity index (χ2n) is 4.93. The summed E-state index contributed by atoms with van der Waals surface area (Å²) in [6.07, 6.45) is -9.00. The third-order valence-corrected chi connectivity index (χ3v) is 3.09. The number of rotatable bonds is 8. The molecule has 1 aromatic rings. The molecule has 1 N–H and O–H groups in total. The predicted molar refractivity (Wildman–Crippen MR) is 69.3 cm³/mol. The molecule has 0 radical (unpaired) electrons. The maximum Gasteiger partial charge on any atom is 0.182 e. The monoisotopic (exact) mass is 331 g/mol. The minimum absolute atomic E-state index is 0.310. The highest BCUT2D eigenvalue weighted by molar-refractivity contribution is 5.45. The van der Waals surface area contributed by atoms with Gasteiger partial charge in [-0.2, -0.15) is 0 Å². The Morgan fingerprint density at radius 2 is 1.50 bits per heavy atom. The van der Waals surface area contributed by atoms with E-state index in [1.807, 2.05) is 5.32 Å². The van der Waals surface area contributed by atoms with Crippen LogP contribution >= 0.6 is 0 Å². The van der Waals surface area contributed by atoms with Crippen LogP contribution in [-0.4, -0.2) is 31.2 Å². The zero-order valence-corrected chi connectivity index (χ0v) is 11.7. The van der Waals surface area contributed by atoms with Gasteiger partial charge >= 0.3 is 0 Å². The van der Waals surface area contributed by atoms with Crippen LogP contribution in [0.4, 0.5) is 36.4 Å². The zero-order chi connectivity index (χ0) is 16.9. The number of hydrogen-bond acceptors (Lipinski definition) is 1. The van der Waals surface area contributed by atoms with Crippen molar-refractivity contribution >= 4 is 5.69 Å². The molecule has 1 nitrogen and oxygen atoms in total. The van der Waals surface area contributed by atoms with Gasteiger partial charge in [-0.1, -0.05) is 0 Å². The zero-order valence-electron chi connectivity index (χ0n) is 11.7. The Balaban J connectivity index is 2.50. The van der Waals surface area contributed by atoms with E-state index in [1.54, 1.807) is 0 Å². The summed E-state index contributed by atoms with van der Waals surface area (Å²) in [5, 5.41) is 2.05. The van der Waals surface area contributed by atoms with Crippen molar-refractivity contribution in [2.24, 2.45) is 0 Å². The van der Waals surface area contributed by atoms with Gasteiger partial charge < -0.3 is 5.32 Å². The topological polar surface area (TPSA) is 12.0 Å². The number of alkyl halides is 4. The lowest BCUT2D eigenvalue weighted by Crippen LogP contribution is -2.27. The molecule has 1 rings (SSSR count). The van der Waals surface area contributed by atoms with Gasteiger partial charge in [-0.3, -0.25) is 0 Å². The first kappa shape index (κ1) is 18.6. The summed E-state index contributed by atoms with van der Waals surface area (Å²) in [7, 11) is 0. The summed E-state index contributed by atoms with van der Waals surface area (Å²) >= 11 is 0. The molecule has 0 saturated carbocycles. The van der Waals surface area contributed by atoms with Crippen LogP contribution in [0.15, 0.2) is 12.1 Å². The van der Waals surface area contributed by atoms with Crippen LogP contribution in [0.2, 0.25) is 0 Å². The lowest BCUT2D eigenvalue weighted by Gasteiger charge is -2.17. The van der Waals surface area contributed by atoms with Crippen LogP contribution in [0.25, 0.3) is 0 Å². The number of halogens is 7. The Morgan fingerprint density at radius 3 is 2.09 bits per heavy atom. The van der Waals surface area contributed by atoms with Gasteiger partial charge in [0, 0.05) is 18.7 Å². The molecule has 0 aliphatic rings. The Morgan fingerprint density at radius 1 is 0.909 bits per heavy atom. The maximum absolute atomic E-state index is 13.5. The summed E-state index contributed by atoms with van der Waals surface area (Å²) in [6, 6.07) is 0.908. The van der Waals surface area contributed by atoms with Gasteiger partial charge in [0.1, 0.15) is 30.5 Å². The largest absolute Gasteiger partial charge is 0.379 e. The molecule has 0 bridgehead atoms. The third-order valence-electron chi connectivity index (χ3n) is 3.09. The second-order valence-corrected chi connectivity index (χ2v) is 4.93. The number of nitrogens with one attached hydrogen (secondary N) is 1. The number of anilines is 1. The first-order valence-corrected chi connectivity index (χ1v) is 6.67. The van der Waals surface area contributed by atoms with E-state index in [1.165, 1.54) is 0 Å².